The molecule has 2 aromatic rings. The van der Waals surface area contributed by atoms with Gasteiger partial charge in [-0.25, -0.2) is 13.1 Å². The molecule has 0 spiro atoms. The first-order chi connectivity index (χ1) is 8.85. The minimum atomic E-state index is -3.02. The Hall–Kier alpha value is -1.82. The Bertz CT molecular complexity index is 672. The van der Waals surface area contributed by atoms with E-state index in [1.165, 1.54) is 16.5 Å². The predicted molar refractivity (Wildman–Crippen MR) is 76.5 cm³/mol. The van der Waals surface area contributed by atoms with Crippen molar-refractivity contribution in [3.63, 3.8) is 0 Å². The lowest BCUT2D eigenvalue weighted by molar-refractivity contribution is 0.588. The maximum atomic E-state index is 11.1. The van der Waals surface area contributed by atoms with Crippen LogP contribution in [0.4, 0.5) is 5.82 Å². The molecule has 0 aliphatic heterocycles. The molecular weight excluding hydrogens is 262 g/mol. The van der Waals surface area contributed by atoms with Gasteiger partial charge in [0, 0.05) is 17.9 Å². The number of nitrogens with zero attached hydrogens (tertiary/aromatic N) is 2. The van der Waals surface area contributed by atoms with Crippen LogP contribution in [-0.4, -0.2) is 30.2 Å². The molecule has 1 aromatic heterocycles. The molecule has 2 N–H and O–H groups in total. The van der Waals surface area contributed by atoms with Gasteiger partial charge >= 0.3 is 0 Å². The summed E-state index contributed by atoms with van der Waals surface area (Å²) >= 11 is 0. The summed E-state index contributed by atoms with van der Waals surface area (Å²) in [5.74, 6) is 0.505. The van der Waals surface area contributed by atoms with Gasteiger partial charge in [0.1, 0.15) is 15.7 Å². The van der Waals surface area contributed by atoms with Crippen molar-refractivity contribution in [2.24, 2.45) is 0 Å². The van der Waals surface area contributed by atoms with E-state index in [2.05, 4.69) is 5.10 Å². The Kier molecular flexibility index (Phi) is 3.61. The van der Waals surface area contributed by atoms with Crippen molar-refractivity contribution >= 4 is 15.7 Å². The number of hydrogen-bond acceptors (Lipinski definition) is 4. The summed E-state index contributed by atoms with van der Waals surface area (Å²) in [4.78, 5) is 0. The van der Waals surface area contributed by atoms with E-state index in [4.69, 9.17) is 5.73 Å². The zero-order valence-corrected chi connectivity index (χ0v) is 11.8. The van der Waals surface area contributed by atoms with E-state index >= 15 is 0 Å². The fraction of sp³-hybridized carbons (Fsp3) is 0.308. The standard InChI is InChI=1S/C13H17N3O2S/c1-10-3-5-11(6-4-10)12-9-13(14)16(15-12)7-8-19(2,17)18/h3-6,9H,7-8,14H2,1-2H3. The average molecular weight is 279 g/mol. The number of anilines is 1. The smallest absolute Gasteiger partial charge is 0.149 e. The lowest BCUT2D eigenvalue weighted by Gasteiger charge is -2.02. The molecule has 102 valence electrons. The topological polar surface area (TPSA) is 78.0 Å². The number of rotatable bonds is 4. The van der Waals surface area contributed by atoms with Gasteiger partial charge in [-0.2, -0.15) is 5.10 Å². The third-order valence-corrected chi connectivity index (χ3v) is 3.76. The Morgan fingerprint density at radius 3 is 2.47 bits per heavy atom. The lowest BCUT2D eigenvalue weighted by Crippen LogP contribution is -2.13. The van der Waals surface area contributed by atoms with Gasteiger partial charge in [0.05, 0.1) is 18.0 Å². The van der Waals surface area contributed by atoms with Gasteiger partial charge in [0.15, 0.2) is 0 Å². The molecule has 0 aliphatic carbocycles. The van der Waals surface area contributed by atoms with Crippen LogP contribution in [-0.2, 0) is 16.4 Å². The molecule has 0 fully saturated rings. The highest BCUT2D eigenvalue weighted by atomic mass is 32.2. The maximum absolute atomic E-state index is 11.1. The molecule has 0 saturated carbocycles. The monoisotopic (exact) mass is 279 g/mol. The summed E-state index contributed by atoms with van der Waals surface area (Å²) in [6.07, 6.45) is 1.20. The number of aromatic nitrogens is 2. The van der Waals surface area contributed by atoms with Crippen LogP contribution in [0.25, 0.3) is 11.3 Å². The van der Waals surface area contributed by atoms with Gasteiger partial charge in [0.25, 0.3) is 0 Å². The Labute approximate surface area is 113 Å². The van der Waals surface area contributed by atoms with E-state index in [1.54, 1.807) is 6.07 Å². The predicted octanol–water partition coefficient (Wildman–Crippen LogP) is 1.49. The number of nitrogen functional groups attached to an aromatic ring is 1. The third kappa shape index (κ3) is 3.57. The highest BCUT2D eigenvalue weighted by molar-refractivity contribution is 7.90. The average Bonchev–Trinajstić information content (AvgIpc) is 2.68. The molecule has 19 heavy (non-hydrogen) atoms. The van der Waals surface area contributed by atoms with Crippen LogP contribution in [0.1, 0.15) is 5.56 Å². The van der Waals surface area contributed by atoms with Crippen LogP contribution in [0.3, 0.4) is 0 Å². The fourth-order valence-corrected chi connectivity index (χ4v) is 2.23. The van der Waals surface area contributed by atoms with Crippen molar-refractivity contribution in [2.45, 2.75) is 13.5 Å². The fourth-order valence-electron chi connectivity index (χ4n) is 1.73. The van der Waals surface area contributed by atoms with Crippen LogP contribution in [0.5, 0.6) is 0 Å². The second-order valence-corrected chi connectivity index (χ2v) is 6.93. The minimum Gasteiger partial charge on any atom is -0.384 e. The summed E-state index contributed by atoms with van der Waals surface area (Å²) in [5.41, 5.74) is 8.74. The molecular formula is C13H17N3O2S. The molecule has 0 aliphatic rings. The summed E-state index contributed by atoms with van der Waals surface area (Å²) in [7, 11) is -3.02. The Morgan fingerprint density at radius 2 is 1.89 bits per heavy atom. The quantitative estimate of drug-likeness (QED) is 0.919. The van der Waals surface area contributed by atoms with Crippen molar-refractivity contribution in [1.82, 2.24) is 9.78 Å². The number of benzene rings is 1. The molecule has 1 heterocycles. The van der Waals surface area contributed by atoms with E-state index in [1.807, 2.05) is 31.2 Å². The molecule has 0 amide bonds. The second-order valence-electron chi connectivity index (χ2n) is 4.67. The molecule has 5 nitrogen and oxygen atoms in total. The largest absolute Gasteiger partial charge is 0.384 e. The van der Waals surface area contributed by atoms with Crippen molar-refractivity contribution in [1.29, 1.82) is 0 Å². The molecule has 0 unspecified atom stereocenters. The number of sulfone groups is 1. The highest BCUT2D eigenvalue weighted by Crippen LogP contribution is 2.20. The SMILES string of the molecule is Cc1ccc(-c2cc(N)n(CCS(C)(=O)=O)n2)cc1. The molecule has 6 heteroatoms. The van der Waals surface area contributed by atoms with Crippen molar-refractivity contribution in [2.75, 3.05) is 17.7 Å². The first-order valence-electron chi connectivity index (χ1n) is 5.93. The molecule has 0 bridgehead atoms. The van der Waals surface area contributed by atoms with Gasteiger partial charge < -0.3 is 5.73 Å². The molecule has 0 radical (unpaired) electrons. The molecule has 2 rings (SSSR count). The van der Waals surface area contributed by atoms with Crippen LogP contribution in [0, 0.1) is 6.92 Å². The van der Waals surface area contributed by atoms with Crippen LogP contribution in [0.2, 0.25) is 0 Å². The van der Waals surface area contributed by atoms with Crippen LogP contribution in [0.15, 0.2) is 30.3 Å². The first-order valence-corrected chi connectivity index (χ1v) is 7.99. The molecule has 0 saturated heterocycles. The van der Waals surface area contributed by atoms with Gasteiger partial charge in [-0.1, -0.05) is 29.8 Å². The van der Waals surface area contributed by atoms with Crippen molar-refractivity contribution < 1.29 is 8.42 Å². The van der Waals surface area contributed by atoms with Crippen molar-refractivity contribution in [3.8, 4) is 11.3 Å². The summed E-state index contributed by atoms with van der Waals surface area (Å²) in [6.45, 7) is 2.29. The zero-order valence-electron chi connectivity index (χ0n) is 11.0. The van der Waals surface area contributed by atoms with E-state index in [-0.39, 0.29) is 12.3 Å². The van der Waals surface area contributed by atoms with E-state index in [0.29, 0.717) is 5.82 Å². The minimum absolute atomic E-state index is 0.0339. The number of nitrogens with two attached hydrogens (primary N) is 1. The lowest BCUT2D eigenvalue weighted by atomic mass is 10.1. The maximum Gasteiger partial charge on any atom is 0.149 e. The summed E-state index contributed by atoms with van der Waals surface area (Å²) in [5, 5.41) is 4.34. The Morgan fingerprint density at radius 1 is 1.26 bits per heavy atom. The number of hydrogen-bond donors (Lipinski definition) is 1. The van der Waals surface area contributed by atoms with Gasteiger partial charge in [0.2, 0.25) is 0 Å². The summed E-state index contributed by atoms with van der Waals surface area (Å²) in [6, 6.07) is 9.70. The van der Waals surface area contributed by atoms with E-state index in [9.17, 15) is 8.42 Å². The zero-order chi connectivity index (χ0) is 14.0. The van der Waals surface area contributed by atoms with Gasteiger partial charge in [-0.05, 0) is 6.92 Å². The molecule has 1 aromatic carbocycles. The number of aryl methyl sites for hydroxylation is 2. The van der Waals surface area contributed by atoms with E-state index < -0.39 is 9.84 Å². The van der Waals surface area contributed by atoms with Crippen LogP contribution < -0.4 is 5.73 Å². The van der Waals surface area contributed by atoms with E-state index in [0.717, 1.165) is 11.3 Å². The summed E-state index contributed by atoms with van der Waals surface area (Å²) < 4.78 is 23.8. The normalized spacial score (nSPS) is 11.7. The molecule has 0 atom stereocenters. The van der Waals surface area contributed by atoms with Crippen LogP contribution >= 0.6 is 0 Å². The second kappa shape index (κ2) is 5.05. The van der Waals surface area contributed by atoms with Gasteiger partial charge in [-0.15, -0.1) is 0 Å². The Balaban J connectivity index is 2.23. The first kappa shape index (κ1) is 13.6. The highest BCUT2D eigenvalue weighted by Gasteiger charge is 2.09. The van der Waals surface area contributed by atoms with Crippen molar-refractivity contribution in [3.05, 3.63) is 35.9 Å². The third-order valence-electron chi connectivity index (χ3n) is 2.83. The van der Waals surface area contributed by atoms with Gasteiger partial charge in [-0.3, -0.25) is 0 Å².